The molecular weight excluding hydrogens is 248 g/mol. The second kappa shape index (κ2) is 6.40. The number of anilines is 1. The zero-order chi connectivity index (χ0) is 14.7. The molecular formula is C17H27N2O+. The highest BCUT2D eigenvalue weighted by atomic mass is 16.2. The van der Waals surface area contributed by atoms with E-state index in [2.05, 4.69) is 45.1 Å². The third kappa shape index (κ3) is 3.60. The number of carbonyl (C=O) groups is 1. The SMILES string of the molecule is Cc1cc(C)c(NC(=O)C[NH+]2CCCC[C@@H]2C)c(C)c1. The van der Waals surface area contributed by atoms with Gasteiger partial charge in [-0.25, -0.2) is 0 Å². The van der Waals surface area contributed by atoms with Crippen LogP contribution in [0, 0.1) is 20.8 Å². The van der Waals surface area contributed by atoms with Gasteiger partial charge in [0, 0.05) is 5.69 Å². The Morgan fingerprint density at radius 3 is 2.50 bits per heavy atom. The normalized spacial score (nSPS) is 22.6. The first-order chi connectivity index (χ1) is 9.47. The molecule has 1 fully saturated rings. The number of benzene rings is 1. The zero-order valence-electron chi connectivity index (χ0n) is 13.2. The Hall–Kier alpha value is -1.35. The molecule has 1 amide bonds. The number of likely N-dealkylation sites (tertiary alicyclic amines) is 1. The average molecular weight is 275 g/mol. The van der Waals surface area contributed by atoms with Crippen LogP contribution in [0.3, 0.4) is 0 Å². The lowest BCUT2D eigenvalue weighted by Crippen LogP contribution is -3.17. The molecule has 3 nitrogen and oxygen atoms in total. The van der Waals surface area contributed by atoms with Crippen molar-refractivity contribution >= 4 is 11.6 Å². The Morgan fingerprint density at radius 2 is 1.90 bits per heavy atom. The van der Waals surface area contributed by atoms with Gasteiger partial charge in [0.05, 0.1) is 12.6 Å². The lowest BCUT2D eigenvalue weighted by atomic mass is 10.0. The van der Waals surface area contributed by atoms with Crippen molar-refractivity contribution in [3.8, 4) is 0 Å². The number of hydrogen-bond acceptors (Lipinski definition) is 1. The standard InChI is InChI=1S/C17H26N2O/c1-12-9-13(2)17(14(3)10-12)18-16(20)11-19-8-6-5-7-15(19)4/h9-10,15H,5-8,11H2,1-4H3,(H,18,20)/p+1/t15-/m0/s1. The molecule has 20 heavy (non-hydrogen) atoms. The van der Waals surface area contributed by atoms with E-state index in [0.29, 0.717) is 12.6 Å². The summed E-state index contributed by atoms with van der Waals surface area (Å²) >= 11 is 0. The first-order valence-corrected chi connectivity index (χ1v) is 7.69. The molecule has 0 radical (unpaired) electrons. The van der Waals surface area contributed by atoms with Crippen LogP contribution in [0.25, 0.3) is 0 Å². The predicted molar refractivity (Wildman–Crippen MR) is 83.3 cm³/mol. The van der Waals surface area contributed by atoms with E-state index in [1.54, 1.807) is 0 Å². The molecule has 2 N–H and O–H groups in total. The van der Waals surface area contributed by atoms with Gasteiger partial charge in [0.15, 0.2) is 6.54 Å². The van der Waals surface area contributed by atoms with E-state index in [1.807, 2.05) is 0 Å². The fourth-order valence-electron chi connectivity index (χ4n) is 3.28. The summed E-state index contributed by atoms with van der Waals surface area (Å²) in [6, 6.07) is 4.85. The van der Waals surface area contributed by atoms with Crippen LogP contribution < -0.4 is 10.2 Å². The number of carbonyl (C=O) groups excluding carboxylic acids is 1. The van der Waals surface area contributed by atoms with Crippen molar-refractivity contribution in [1.82, 2.24) is 0 Å². The fourth-order valence-corrected chi connectivity index (χ4v) is 3.28. The Kier molecular flexibility index (Phi) is 4.81. The van der Waals surface area contributed by atoms with Crippen LogP contribution >= 0.6 is 0 Å². The molecule has 1 heterocycles. The number of quaternary nitrogens is 1. The molecule has 0 aromatic heterocycles. The smallest absolute Gasteiger partial charge is 0.279 e. The van der Waals surface area contributed by atoms with Crippen molar-refractivity contribution in [2.75, 3.05) is 18.4 Å². The molecule has 0 bridgehead atoms. The molecule has 1 aliphatic rings. The Labute approximate surface area is 122 Å². The summed E-state index contributed by atoms with van der Waals surface area (Å²) < 4.78 is 0. The van der Waals surface area contributed by atoms with Gasteiger partial charge >= 0.3 is 0 Å². The number of aryl methyl sites for hydroxylation is 3. The molecule has 1 aliphatic heterocycles. The maximum Gasteiger partial charge on any atom is 0.279 e. The van der Waals surface area contributed by atoms with E-state index in [-0.39, 0.29) is 5.91 Å². The summed E-state index contributed by atoms with van der Waals surface area (Å²) in [7, 11) is 0. The summed E-state index contributed by atoms with van der Waals surface area (Å²) in [5.74, 6) is 0.142. The second-order valence-corrected chi connectivity index (χ2v) is 6.30. The van der Waals surface area contributed by atoms with Crippen LogP contribution in [0.1, 0.15) is 42.9 Å². The Balaban J connectivity index is 2.01. The topological polar surface area (TPSA) is 33.5 Å². The quantitative estimate of drug-likeness (QED) is 0.869. The maximum absolute atomic E-state index is 12.3. The summed E-state index contributed by atoms with van der Waals surface area (Å²) in [6.07, 6.45) is 3.79. The number of hydrogen-bond donors (Lipinski definition) is 2. The van der Waals surface area contributed by atoms with Crippen LogP contribution in [0.15, 0.2) is 12.1 Å². The lowest BCUT2D eigenvalue weighted by molar-refractivity contribution is -0.920. The highest BCUT2D eigenvalue weighted by Gasteiger charge is 2.24. The molecule has 1 aromatic carbocycles. The van der Waals surface area contributed by atoms with Gasteiger partial charge in [-0.3, -0.25) is 4.79 Å². The fraction of sp³-hybridized carbons (Fsp3) is 0.588. The van der Waals surface area contributed by atoms with Crippen molar-refractivity contribution in [2.45, 2.75) is 53.0 Å². The van der Waals surface area contributed by atoms with Crippen LogP contribution in [0.5, 0.6) is 0 Å². The number of rotatable bonds is 3. The van der Waals surface area contributed by atoms with Gasteiger partial charge in [0.2, 0.25) is 0 Å². The molecule has 1 aromatic rings. The van der Waals surface area contributed by atoms with Gasteiger partial charge in [-0.2, -0.15) is 0 Å². The molecule has 0 aliphatic carbocycles. The van der Waals surface area contributed by atoms with Crippen LogP contribution in [-0.2, 0) is 4.79 Å². The van der Waals surface area contributed by atoms with Gasteiger partial charge in [0.25, 0.3) is 5.91 Å². The first-order valence-electron chi connectivity index (χ1n) is 7.69. The van der Waals surface area contributed by atoms with Crippen molar-refractivity contribution in [3.63, 3.8) is 0 Å². The predicted octanol–water partition coefficient (Wildman–Crippen LogP) is 2.01. The van der Waals surface area contributed by atoms with E-state index >= 15 is 0 Å². The third-order valence-electron chi connectivity index (χ3n) is 4.41. The largest absolute Gasteiger partial charge is 0.325 e. The highest BCUT2D eigenvalue weighted by molar-refractivity contribution is 5.93. The lowest BCUT2D eigenvalue weighted by Gasteiger charge is -2.29. The molecule has 110 valence electrons. The minimum Gasteiger partial charge on any atom is -0.325 e. The molecule has 2 rings (SSSR count). The molecule has 0 spiro atoms. The summed E-state index contributed by atoms with van der Waals surface area (Å²) in [5.41, 5.74) is 4.54. The number of nitrogens with one attached hydrogen (secondary N) is 2. The second-order valence-electron chi connectivity index (χ2n) is 6.30. The van der Waals surface area contributed by atoms with E-state index in [0.717, 1.165) is 23.4 Å². The van der Waals surface area contributed by atoms with E-state index in [9.17, 15) is 4.79 Å². The van der Waals surface area contributed by atoms with Crippen molar-refractivity contribution in [3.05, 3.63) is 28.8 Å². The third-order valence-corrected chi connectivity index (χ3v) is 4.41. The van der Waals surface area contributed by atoms with E-state index < -0.39 is 0 Å². The zero-order valence-corrected chi connectivity index (χ0v) is 13.2. The molecule has 3 heteroatoms. The van der Waals surface area contributed by atoms with Crippen molar-refractivity contribution < 1.29 is 9.69 Å². The Morgan fingerprint density at radius 1 is 1.25 bits per heavy atom. The van der Waals surface area contributed by atoms with Crippen LogP contribution in [0.2, 0.25) is 0 Å². The van der Waals surface area contributed by atoms with Crippen LogP contribution in [-0.4, -0.2) is 25.0 Å². The monoisotopic (exact) mass is 275 g/mol. The number of amides is 1. The van der Waals surface area contributed by atoms with Crippen LogP contribution in [0.4, 0.5) is 5.69 Å². The summed E-state index contributed by atoms with van der Waals surface area (Å²) in [4.78, 5) is 13.7. The van der Waals surface area contributed by atoms with Gasteiger partial charge in [0.1, 0.15) is 0 Å². The van der Waals surface area contributed by atoms with Gasteiger partial charge in [-0.15, -0.1) is 0 Å². The molecule has 0 saturated carbocycles. The number of piperidine rings is 1. The van der Waals surface area contributed by atoms with E-state index in [4.69, 9.17) is 0 Å². The maximum atomic E-state index is 12.3. The molecule has 2 atom stereocenters. The van der Waals surface area contributed by atoms with Crippen molar-refractivity contribution in [2.24, 2.45) is 0 Å². The molecule has 1 unspecified atom stereocenters. The minimum atomic E-state index is 0.142. The van der Waals surface area contributed by atoms with Gasteiger partial charge < -0.3 is 10.2 Å². The summed E-state index contributed by atoms with van der Waals surface area (Å²) in [5, 5.41) is 3.11. The molecule has 1 saturated heterocycles. The minimum absolute atomic E-state index is 0.142. The highest BCUT2D eigenvalue weighted by Crippen LogP contribution is 2.21. The van der Waals surface area contributed by atoms with Crippen molar-refractivity contribution in [1.29, 1.82) is 0 Å². The van der Waals surface area contributed by atoms with Gasteiger partial charge in [-0.1, -0.05) is 17.7 Å². The van der Waals surface area contributed by atoms with E-state index in [1.165, 1.54) is 29.7 Å². The van der Waals surface area contributed by atoms with Gasteiger partial charge in [-0.05, 0) is 58.1 Å². The summed E-state index contributed by atoms with van der Waals surface area (Å²) in [6.45, 7) is 10.2. The average Bonchev–Trinajstić information content (AvgIpc) is 2.36. The first kappa shape index (κ1) is 15.0. The Bertz CT molecular complexity index is 473.